The normalized spacial score (nSPS) is 21.6. The maximum atomic E-state index is 12.5. The van der Waals surface area contributed by atoms with Crippen molar-refractivity contribution in [2.45, 2.75) is 31.8 Å². The van der Waals surface area contributed by atoms with Crippen LogP contribution in [0.25, 0.3) is 0 Å². The first-order valence-corrected chi connectivity index (χ1v) is 7.03. The van der Waals surface area contributed by atoms with Gasteiger partial charge in [-0.3, -0.25) is 4.79 Å². The monoisotopic (exact) mass is 274 g/mol. The molecule has 1 saturated heterocycles. The number of fused-ring (bicyclic) bond motifs is 1. The third-order valence-electron chi connectivity index (χ3n) is 4.14. The van der Waals surface area contributed by atoms with E-state index in [9.17, 15) is 9.59 Å². The topological polar surface area (TPSA) is 69.6 Å². The number of rotatable bonds is 2. The first-order valence-electron chi connectivity index (χ1n) is 7.03. The number of amides is 1. The van der Waals surface area contributed by atoms with Crippen LogP contribution in [-0.2, 0) is 17.8 Å². The van der Waals surface area contributed by atoms with Crippen molar-refractivity contribution in [1.82, 2.24) is 10.2 Å². The summed E-state index contributed by atoms with van der Waals surface area (Å²) in [6.45, 7) is 2.28. The molecule has 2 aliphatic heterocycles. The summed E-state index contributed by atoms with van der Waals surface area (Å²) >= 11 is 0. The van der Waals surface area contributed by atoms with Crippen LogP contribution in [0.3, 0.4) is 0 Å². The number of hydrogen-bond acceptors (Lipinski definition) is 3. The van der Waals surface area contributed by atoms with Gasteiger partial charge >= 0.3 is 5.97 Å². The number of carboxylic acids is 1. The van der Waals surface area contributed by atoms with E-state index >= 15 is 0 Å². The van der Waals surface area contributed by atoms with Gasteiger partial charge in [0.1, 0.15) is 6.04 Å². The summed E-state index contributed by atoms with van der Waals surface area (Å²) in [6, 6.07) is 5.05. The summed E-state index contributed by atoms with van der Waals surface area (Å²) in [5, 5.41) is 12.5. The van der Waals surface area contributed by atoms with Crippen molar-refractivity contribution in [3.63, 3.8) is 0 Å². The second-order valence-electron chi connectivity index (χ2n) is 5.41. The molecule has 2 N–H and O–H groups in total. The van der Waals surface area contributed by atoms with E-state index in [4.69, 9.17) is 5.11 Å². The molecule has 0 bridgehead atoms. The SMILES string of the molecule is O=C(O)C1CCCN1C(=O)c1ccc2c(c1)CNCC2. The summed E-state index contributed by atoms with van der Waals surface area (Å²) in [6.07, 6.45) is 2.29. The molecule has 2 aliphatic rings. The molecule has 0 spiro atoms. The minimum atomic E-state index is -0.907. The third-order valence-corrected chi connectivity index (χ3v) is 4.14. The standard InChI is InChI=1S/C15H18N2O3/c18-14(17-7-1-2-13(17)15(19)20)11-4-3-10-5-6-16-9-12(10)8-11/h3-4,8,13,16H,1-2,5-7,9H2,(H,19,20). The smallest absolute Gasteiger partial charge is 0.326 e. The highest BCUT2D eigenvalue weighted by Crippen LogP contribution is 2.22. The average Bonchev–Trinajstić information content (AvgIpc) is 2.95. The summed E-state index contributed by atoms with van der Waals surface area (Å²) in [7, 11) is 0. The molecule has 5 nitrogen and oxygen atoms in total. The van der Waals surface area contributed by atoms with E-state index < -0.39 is 12.0 Å². The van der Waals surface area contributed by atoms with Gasteiger partial charge in [-0.25, -0.2) is 4.79 Å². The van der Waals surface area contributed by atoms with Gasteiger partial charge in [-0.05, 0) is 49.1 Å². The molecule has 1 fully saturated rings. The lowest BCUT2D eigenvalue weighted by Gasteiger charge is -2.23. The van der Waals surface area contributed by atoms with Crippen LogP contribution in [0, 0.1) is 0 Å². The van der Waals surface area contributed by atoms with Crippen molar-refractivity contribution >= 4 is 11.9 Å². The second kappa shape index (κ2) is 5.25. The molecule has 1 aromatic carbocycles. The van der Waals surface area contributed by atoms with Crippen molar-refractivity contribution < 1.29 is 14.7 Å². The summed E-state index contributed by atoms with van der Waals surface area (Å²) in [4.78, 5) is 25.2. The van der Waals surface area contributed by atoms with Crippen LogP contribution in [-0.4, -0.2) is 41.0 Å². The number of nitrogens with zero attached hydrogens (tertiary/aromatic N) is 1. The number of aliphatic carboxylic acids is 1. The van der Waals surface area contributed by atoms with Gasteiger partial charge in [0.15, 0.2) is 0 Å². The minimum Gasteiger partial charge on any atom is -0.480 e. The van der Waals surface area contributed by atoms with E-state index in [0.717, 1.165) is 31.5 Å². The van der Waals surface area contributed by atoms with Gasteiger partial charge in [0.05, 0.1) is 0 Å². The predicted molar refractivity (Wildman–Crippen MR) is 73.5 cm³/mol. The largest absolute Gasteiger partial charge is 0.480 e. The first kappa shape index (κ1) is 13.1. The molecular weight excluding hydrogens is 256 g/mol. The molecule has 1 amide bonds. The van der Waals surface area contributed by atoms with Gasteiger partial charge in [-0.2, -0.15) is 0 Å². The molecule has 0 aliphatic carbocycles. The van der Waals surface area contributed by atoms with Gasteiger partial charge in [0.25, 0.3) is 5.91 Å². The van der Waals surface area contributed by atoms with E-state index in [1.165, 1.54) is 10.5 Å². The Balaban J connectivity index is 1.85. The van der Waals surface area contributed by atoms with Crippen molar-refractivity contribution in [3.05, 3.63) is 34.9 Å². The fourth-order valence-corrected chi connectivity index (χ4v) is 3.05. The van der Waals surface area contributed by atoms with E-state index in [-0.39, 0.29) is 5.91 Å². The Morgan fingerprint density at radius 2 is 2.15 bits per heavy atom. The van der Waals surface area contributed by atoms with Gasteiger partial charge in [0.2, 0.25) is 0 Å². The third kappa shape index (κ3) is 2.29. The quantitative estimate of drug-likeness (QED) is 0.845. The van der Waals surface area contributed by atoms with Crippen molar-refractivity contribution in [3.8, 4) is 0 Å². The molecule has 20 heavy (non-hydrogen) atoms. The zero-order valence-corrected chi connectivity index (χ0v) is 11.3. The van der Waals surface area contributed by atoms with E-state index in [0.29, 0.717) is 18.5 Å². The van der Waals surface area contributed by atoms with Gasteiger partial charge in [-0.15, -0.1) is 0 Å². The molecule has 5 heteroatoms. The zero-order chi connectivity index (χ0) is 14.1. The number of carbonyl (C=O) groups is 2. The number of likely N-dealkylation sites (tertiary alicyclic amines) is 1. The molecule has 2 heterocycles. The highest BCUT2D eigenvalue weighted by Gasteiger charge is 2.34. The predicted octanol–water partition coefficient (Wildman–Crippen LogP) is 1.02. The van der Waals surface area contributed by atoms with Crippen LogP contribution in [0.4, 0.5) is 0 Å². The molecular formula is C15H18N2O3. The lowest BCUT2D eigenvalue weighted by Crippen LogP contribution is -2.40. The Labute approximate surface area is 117 Å². The molecule has 3 rings (SSSR count). The highest BCUT2D eigenvalue weighted by molar-refractivity contribution is 5.97. The molecule has 0 saturated carbocycles. The summed E-state index contributed by atoms with van der Waals surface area (Å²) in [5.41, 5.74) is 3.02. The maximum Gasteiger partial charge on any atom is 0.326 e. The van der Waals surface area contributed by atoms with Crippen LogP contribution in [0.2, 0.25) is 0 Å². The molecule has 0 radical (unpaired) electrons. The molecule has 1 unspecified atom stereocenters. The van der Waals surface area contributed by atoms with Crippen LogP contribution < -0.4 is 5.32 Å². The minimum absolute atomic E-state index is 0.164. The molecule has 1 aromatic rings. The van der Waals surface area contributed by atoms with Crippen molar-refractivity contribution in [2.75, 3.05) is 13.1 Å². The van der Waals surface area contributed by atoms with Crippen LogP contribution >= 0.6 is 0 Å². The fourth-order valence-electron chi connectivity index (χ4n) is 3.05. The molecule has 106 valence electrons. The van der Waals surface area contributed by atoms with Gasteiger partial charge < -0.3 is 15.3 Å². The Kier molecular flexibility index (Phi) is 3.44. The Morgan fingerprint density at radius 1 is 1.30 bits per heavy atom. The Bertz CT molecular complexity index is 556. The fraction of sp³-hybridized carbons (Fsp3) is 0.467. The average molecular weight is 274 g/mol. The van der Waals surface area contributed by atoms with E-state index in [1.807, 2.05) is 18.2 Å². The van der Waals surface area contributed by atoms with E-state index in [2.05, 4.69) is 5.32 Å². The Hall–Kier alpha value is -1.88. The second-order valence-corrected chi connectivity index (χ2v) is 5.41. The number of hydrogen-bond donors (Lipinski definition) is 2. The lowest BCUT2D eigenvalue weighted by atomic mass is 9.98. The number of benzene rings is 1. The Morgan fingerprint density at radius 3 is 2.95 bits per heavy atom. The van der Waals surface area contributed by atoms with Crippen molar-refractivity contribution in [1.29, 1.82) is 0 Å². The zero-order valence-electron chi connectivity index (χ0n) is 11.3. The van der Waals surface area contributed by atoms with Crippen LogP contribution in [0.1, 0.15) is 34.3 Å². The van der Waals surface area contributed by atoms with Gasteiger partial charge in [-0.1, -0.05) is 6.07 Å². The number of carboxylic acid groups (broad SMARTS) is 1. The number of nitrogens with one attached hydrogen (secondary N) is 1. The van der Waals surface area contributed by atoms with Crippen molar-refractivity contribution in [2.24, 2.45) is 0 Å². The summed E-state index contributed by atoms with van der Waals surface area (Å²) in [5.74, 6) is -1.07. The number of carbonyl (C=O) groups excluding carboxylic acids is 1. The first-order chi connectivity index (χ1) is 9.66. The molecule has 0 aromatic heterocycles. The summed E-state index contributed by atoms with van der Waals surface area (Å²) < 4.78 is 0. The van der Waals surface area contributed by atoms with E-state index in [1.54, 1.807) is 0 Å². The molecule has 1 atom stereocenters. The van der Waals surface area contributed by atoms with Crippen LogP contribution in [0.5, 0.6) is 0 Å². The highest BCUT2D eigenvalue weighted by atomic mass is 16.4. The lowest BCUT2D eigenvalue weighted by molar-refractivity contribution is -0.141. The maximum absolute atomic E-state index is 12.5. The van der Waals surface area contributed by atoms with Gasteiger partial charge in [0, 0.05) is 18.7 Å². The van der Waals surface area contributed by atoms with Crippen LogP contribution in [0.15, 0.2) is 18.2 Å².